The van der Waals surface area contributed by atoms with Gasteiger partial charge in [0.2, 0.25) is 5.91 Å². The Morgan fingerprint density at radius 2 is 2.28 bits per heavy atom. The summed E-state index contributed by atoms with van der Waals surface area (Å²) in [4.78, 5) is 12.0. The summed E-state index contributed by atoms with van der Waals surface area (Å²) in [5.41, 5.74) is 0.746. The van der Waals surface area contributed by atoms with Crippen LogP contribution in [-0.2, 0) is 4.79 Å². The second-order valence-corrected chi connectivity index (χ2v) is 4.42. The molecule has 18 heavy (non-hydrogen) atoms. The highest BCUT2D eigenvalue weighted by atomic mass is 35.5. The molecular formula is C11H13ClN4O2. The van der Waals surface area contributed by atoms with E-state index in [0.29, 0.717) is 16.6 Å². The van der Waals surface area contributed by atoms with Gasteiger partial charge in [0.1, 0.15) is 11.8 Å². The molecule has 0 aromatic carbocycles. The molecule has 2 aromatic rings. The molecule has 0 saturated carbocycles. The summed E-state index contributed by atoms with van der Waals surface area (Å²) in [6.07, 6.45) is 1.51. The van der Waals surface area contributed by atoms with Crippen LogP contribution < -0.4 is 5.32 Å². The van der Waals surface area contributed by atoms with Crippen molar-refractivity contribution < 1.29 is 9.32 Å². The molecule has 96 valence electrons. The van der Waals surface area contributed by atoms with Crippen LogP contribution in [0.5, 0.6) is 0 Å². The quantitative estimate of drug-likeness (QED) is 0.927. The minimum Gasteiger partial charge on any atom is -0.360 e. The minimum absolute atomic E-state index is 0.230. The fourth-order valence-electron chi connectivity index (χ4n) is 1.56. The van der Waals surface area contributed by atoms with Crippen molar-refractivity contribution in [3.63, 3.8) is 0 Å². The van der Waals surface area contributed by atoms with E-state index in [1.165, 1.54) is 6.20 Å². The molecule has 2 aromatic heterocycles. The number of aromatic nitrogens is 3. The third-order valence-corrected chi connectivity index (χ3v) is 2.98. The predicted molar refractivity (Wildman–Crippen MR) is 66.6 cm³/mol. The Kier molecular flexibility index (Phi) is 3.38. The first kappa shape index (κ1) is 12.6. The van der Waals surface area contributed by atoms with E-state index < -0.39 is 6.04 Å². The van der Waals surface area contributed by atoms with Crippen LogP contribution >= 0.6 is 11.6 Å². The molecule has 1 atom stereocenters. The van der Waals surface area contributed by atoms with Crippen LogP contribution in [0.25, 0.3) is 0 Å². The fourth-order valence-corrected chi connectivity index (χ4v) is 1.69. The van der Waals surface area contributed by atoms with Gasteiger partial charge in [-0.1, -0.05) is 16.8 Å². The zero-order valence-corrected chi connectivity index (χ0v) is 11.0. The molecule has 0 aliphatic rings. The van der Waals surface area contributed by atoms with Crippen LogP contribution in [0, 0.1) is 13.8 Å². The summed E-state index contributed by atoms with van der Waals surface area (Å²) in [6.45, 7) is 5.29. The van der Waals surface area contributed by atoms with Crippen molar-refractivity contribution in [2.24, 2.45) is 0 Å². The molecular weight excluding hydrogens is 256 g/mol. The number of hydrogen-bond donors (Lipinski definition) is 1. The van der Waals surface area contributed by atoms with Crippen LogP contribution in [-0.4, -0.2) is 20.8 Å². The first-order valence-corrected chi connectivity index (χ1v) is 5.80. The topological polar surface area (TPSA) is 73.0 Å². The number of carbonyl (C=O) groups is 1. The molecule has 7 heteroatoms. The van der Waals surface area contributed by atoms with Crippen LogP contribution in [0.2, 0.25) is 5.02 Å². The van der Waals surface area contributed by atoms with E-state index in [-0.39, 0.29) is 5.91 Å². The molecule has 0 spiro atoms. The van der Waals surface area contributed by atoms with Gasteiger partial charge in [-0.2, -0.15) is 5.10 Å². The Labute approximate surface area is 109 Å². The first-order valence-electron chi connectivity index (χ1n) is 5.43. The second-order valence-electron chi connectivity index (χ2n) is 4.01. The third kappa shape index (κ3) is 2.38. The van der Waals surface area contributed by atoms with Crippen molar-refractivity contribution in [1.82, 2.24) is 14.9 Å². The van der Waals surface area contributed by atoms with Crippen molar-refractivity contribution >= 4 is 23.3 Å². The molecule has 2 heterocycles. The van der Waals surface area contributed by atoms with E-state index in [0.717, 1.165) is 5.69 Å². The second kappa shape index (κ2) is 4.81. The standard InChI is InChI=1S/C11H13ClN4O2/c1-6-4-10(15-18-6)14-11(17)8(3)16-7(2)9(12)5-13-16/h4-5,8H,1-3H3,(H,14,15,17). The zero-order chi connectivity index (χ0) is 13.3. The maximum absolute atomic E-state index is 12.0. The number of nitrogens with one attached hydrogen (secondary N) is 1. The number of aryl methyl sites for hydroxylation is 1. The number of rotatable bonds is 3. The molecule has 0 saturated heterocycles. The van der Waals surface area contributed by atoms with Gasteiger partial charge in [-0.15, -0.1) is 0 Å². The van der Waals surface area contributed by atoms with E-state index in [1.807, 2.05) is 0 Å². The van der Waals surface area contributed by atoms with Crippen molar-refractivity contribution in [3.05, 3.63) is 28.7 Å². The van der Waals surface area contributed by atoms with Gasteiger partial charge in [-0.05, 0) is 20.8 Å². The van der Waals surface area contributed by atoms with E-state index in [9.17, 15) is 4.79 Å². The Morgan fingerprint density at radius 1 is 1.56 bits per heavy atom. The lowest BCUT2D eigenvalue weighted by atomic mass is 10.3. The monoisotopic (exact) mass is 268 g/mol. The van der Waals surface area contributed by atoms with Gasteiger partial charge in [0, 0.05) is 6.07 Å². The summed E-state index contributed by atoms with van der Waals surface area (Å²) in [7, 11) is 0. The molecule has 0 fully saturated rings. The average Bonchev–Trinajstić information content (AvgIpc) is 2.87. The predicted octanol–water partition coefficient (Wildman–Crippen LogP) is 2.34. The van der Waals surface area contributed by atoms with Gasteiger partial charge in [-0.3, -0.25) is 9.48 Å². The van der Waals surface area contributed by atoms with Crippen molar-refractivity contribution in [2.45, 2.75) is 26.8 Å². The van der Waals surface area contributed by atoms with E-state index >= 15 is 0 Å². The Morgan fingerprint density at radius 3 is 2.78 bits per heavy atom. The summed E-state index contributed by atoms with van der Waals surface area (Å²) < 4.78 is 6.43. The summed E-state index contributed by atoms with van der Waals surface area (Å²) >= 11 is 5.90. The number of amides is 1. The number of carbonyl (C=O) groups excluding carboxylic acids is 1. The largest absolute Gasteiger partial charge is 0.360 e. The Hall–Kier alpha value is -1.82. The Bertz CT molecular complexity index is 575. The number of nitrogens with zero attached hydrogens (tertiary/aromatic N) is 3. The third-order valence-electron chi connectivity index (χ3n) is 2.61. The van der Waals surface area contributed by atoms with Gasteiger partial charge in [0.25, 0.3) is 0 Å². The number of halogens is 1. The fraction of sp³-hybridized carbons (Fsp3) is 0.364. The highest BCUT2D eigenvalue weighted by Gasteiger charge is 2.19. The lowest BCUT2D eigenvalue weighted by molar-refractivity contribution is -0.119. The van der Waals surface area contributed by atoms with Crippen LogP contribution in [0.15, 0.2) is 16.8 Å². The van der Waals surface area contributed by atoms with E-state index in [2.05, 4.69) is 15.6 Å². The van der Waals surface area contributed by atoms with Gasteiger partial charge in [0.05, 0.1) is 16.9 Å². The maximum atomic E-state index is 12.0. The van der Waals surface area contributed by atoms with Gasteiger partial charge < -0.3 is 9.84 Å². The van der Waals surface area contributed by atoms with Gasteiger partial charge >= 0.3 is 0 Å². The average molecular weight is 269 g/mol. The molecule has 2 rings (SSSR count). The van der Waals surface area contributed by atoms with E-state index in [4.69, 9.17) is 16.1 Å². The normalized spacial score (nSPS) is 12.4. The maximum Gasteiger partial charge on any atom is 0.250 e. The zero-order valence-electron chi connectivity index (χ0n) is 10.3. The Balaban J connectivity index is 2.12. The lowest BCUT2D eigenvalue weighted by Gasteiger charge is -2.13. The molecule has 1 amide bonds. The molecule has 0 aliphatic carbocycles. The van der Waals surface area contributed by atoms with Crippen LogP contribution in [0.1, 0.15) is 24.4 Å². The molecule has 0 bridgehead atoms. The summed E-state index contributed by atoms with van der Waals surface area (Å²) in [5, 5.41) is 10.9. The number of anilines is 1. The SMILES string of the molecule is Cc1cc(NC(=O)C(C)n2ncc(Cl)c2C)no1. The van der Waals surface area contributed by atoms with Gasteiger partial charge in [0.15, 0.2) is 5.82 Å². The number of hydrogen-bond acceptors (Lipinski definition) is 4. The van der Waals surface area contributed by atoms with Crippen molar-refractivity contribution in [2.75, 3.05) is 5.32 Å². The molecule has 0 radical (unpaired) electrons. The van der Waals surface area contributed by atoms with Crippen molar-refractivity contribution in [3.8, 4) is 0 Å². The van der Waals surface area contributed by atoms with Crippen LogP contribution in [0.3, 0.4) is 0 Å². The highest BCUT2D eigenvalue weighted by molar-refractivity contribution is 6.31. The molecule has 1 N–H and O–H groups in total. The minimum atomic E-state index is -0.477. The molecule has 0 aliphatic heterocycles. The summed E-state index contributed by atoms with van der Waals surface area (Å²) in [6, 6.07) is 1.17. The van der Waals surface area contributed by atoms with Crippen LogP contribution in [0.4, 0.5) is 5.82 Å². The smallest absolute Gasteiger partial charge is 0.250 e. The lowest BCUT2D eigenvalue weighted by Crippen LogP contribution is -2.25. The van der Waals surface area contributed by atoms with Gasteiger partial charge in [-0.25, -0.2) is 0 Å². The molecule has 6 nitrogen and oxygen atoms in total. The van der Waals surface area contributed by atoms with Crippen molar-refractivity contribution in [1.29, 1.82) is 0 Å². The summed E-state index contributed by atoms with van der Waals surface area (Å²) in [5.74, 6) is 0.794. The molecule has 1 unspecified atom stereocenters. The first-order chi connectivity index (χ1) is 8.49. The van der Waals surface area contributed by atoms with E-state index in [1.54, 1.807) is 31.5 Å². The highest BCUT2D eigenvalue weighted by Crippen LogP contribution is 2.19.